The highest BCUT2D eigenvalue weighted by Gasteiger charge is 2.29. The Kier molecular flexibility index (Phi) is 6.96. The Morgan fingerprint density at radius 1 is 0.968 bits per heavy atom. The van der Waals surface area contributed by atoms with Gasteiger partial charge in [0, 0.05) is 22.9 Å². The molecule has 0 bridgehead atoms. The largest absolute Gasteiger partial charge is 0.493 e. The van der Waals surface area contributed by atoms with E-state index < -0.39 is 5.91 Å². The summed E-state index contributed by atoms with van der Waals surface area (Å²) in [4.78, 5) is 24.8. The minimum atomic E-state index is -0.437. The normalized spacial score (nSPS) is 12.5. The van der Waals surface area contributed by atoms with Gasteiger partial charge in [-0.05, 0) is 61.8 Å². The average Bonchev–Trinajstić information content (AvgIpc) is 3.60. The highest BCUT2D eigenvalue weighted by atomic mass is 32.1. The van der Waals surface area contributed by atoms with Gasteiger partial charge in [0.05, 0.1) is 21.3 Å². The monoisotopic (exact) mass is 443 g/mol. The lowest BCUT2D eigenvalue weighted by molar-refractivity contribution is -0.117. The third-order valence-electron chi connectivity index (χ3n) is 4.94. The van der Waals surface area contributed by atoms with Crippen molar-refractivity contribution in [3.63, 3.8) is 0 Å². The zero-order valence-corrected chi connectivity index (χ0v) is 18.6. The number of nitrogens with one attached hydrogen (secondary N) is 3. The van der Waals surface area contributed by atoms with Crippen LogP contribution in [-0.4, -0.2) is 38.3 Å². The van der Waals surface area contributed by atoms with Crippen LogP contribution in [0.15, 0.2) is 30.3 Å². The minimum Gasteiger partial charge on any atom is -0.493 e. The van der Waals surface area contributed by atoms with Crippen molar-refractivity contribution in [1.82, 2.24) is 5.32 Å². The van der Waals surface area contributed by atoms with Crippen LogP contribution in [0.3, 0.4) is 0 Å². The molecule has 1 saturated carbocycles. The fourth-order valence-corrected chi connectivity index (χ4v) is 3.23. The van der Waals surface area contributed by atoms with Crippen molar-refractivity contribution in [1.29, 1.82) is 0 Å². The Labute approximate surface area is 186 Å². The molecule has 0 heterocycles. The lowest BCUT2D eigenvalue weighted by atomic mass is 10.1. The molecule has 2 aromatic carbocycles. The topological polar surface area (TPSA) is 97.9 Å². The van der Waals surface area contributed by atoms with Crippen LogP contribution in [0.25, 0.3) is 0 Å². The van der Waals surface area contributed by atoms with Crippen LogP contribution in [0.1, 0.15) is 28.8 Å². The summed E-state index contributed by atoms with van der Waals surface area (Å²) in [6, 6.07) is 8.54. The zero-order valence-electron chi connectivity index (χ0n) is 17.8. The van der Waals surface area contributed by atoms with Gasteiger partial charge >= 0.3 is 0 Å². The molecule has 1 aliphatic rings. The van der Waals surface area contributed by atoms with Gasteiger partial charge < -0.3 is 24.8 Å². The van der Waals surface area contributed by atoms with Crippen LogP contribution in [0.2, 0.25) is 0 Å². The Morgan fingerprint density at radius 2 is 1.55 bits per heavy atom. The first-order valence-electron chi connectivity index (χ1n) is 9.70. The molecule has 3 rings (SSSR count). The maximum absolute atomic E-state index is 12.7. The Hall–Kier alpha value is -3.33. The van der Waals surface area contributed by atoms with E-state index in [0.717, 1.165) is 18.4 Å². The SMILES string of the molecule is COc1cc(C(=O)NC(=S)Nc2cccc(NC(=O)C3CC3)c2C)cc(OC)c1OC. The van der Waals surface area contributed by atoms with Crippen molar-refractivity contribution in [3.8, 4) is 17.2 Å². The van der Waals surface area contributed by atoms with E-state index in [4.69, 9.17) is 26.4 Å². The molecular weight excluding hydrogens is 418 g/mol. The van der Waals surface area contributed by atoms with Gasteiger partial charge in [-0.15, -0.1) is 0 Å². The first-order valence-corrected chi connectivity index (χ1v) is 10.1. The van der Waals surface area contributed by atoms with E-state index >= 15 is 0 Å². The van der Waals surface area contributed by atoms with Crippen LogP contribution in [-0.2, 0) is 4.79 Å². The van der Waals surface area contributed by atoms with Gasteiger partial charge in [0.1, 0.15) is 0 Å². The Balaban J connectivity index is 1.71. The lowest BCUT2D eigenvalue weighted by Crippen LogP contribution is -2.34. The molecule has 9 heteroatoms. The number of ether oxygens (including phenoxy) is 3. The predicted octanol–water partition coefficient (Wildman–Crippen LogP) is 3.50. The van der Waals surface area contributed by atoms with Gasteiger partial charge in [0.2, 0.25) is 11.7 Å². The smallest absolute Gasteiger partial charge is 0.257 e. The highest BCUT2D eigenvalue weighted by Crippen LogP contribution is 2.38. The number of thiocarbonyl (C=S) groups is 1. The molecule has 0 aliphatic heterocycles. The van der Waals surface area contributed by atoms with E-state index in [2.05, 4.69) is 16.0 Å². The fourth-order valence-electron chi connectivity index (χ4n) is 3.03. The first-order chi connectivity index (χ1) is 14.9. The summed E-state index contributed by atoms with van der Waals surface area (Å²) < 4.78 is 15.8. The molecule has 0 aromatic heterocycles. The summed E-state index contributed by atoms with van der Waals surface area (Å²) in [5.74, 6) is 0.811. The van der Waals surface area contributed by atoms with Crippen LogP contribution < -0.4 is 30.2 Å². The zero-order chi connectivity index (χ0) is 22.5. The molecule has 1 aliphatic carbocycles. The molecule has 0 radical (unpaired) electrons. The average molecular weight is 444 g/mol. The van der Waals surface area contributed by atoms with Gasteiger partial charge in [-0.25, -0.2) is 0 Å². The van der Waals surface area contributed by atoms with Crippen LogP contribution in [0.5, 0.6) is 17.2 Å². The number of anilines is 2. The van der Waals surface area contributed by atoms with Gasteiger partial charge in [0.25, 0.3) is 5.91 Å². The van der Waals surface area contributed by atoms with Gasteiger partial charge in [-0.1, -0.05) is 6.07 Å². The maximum atomic E-state index is 12.7. The second kappa shape index (κ2) is 9.65. The maximum Gasteiger partial charge on any atom is 0.257 e. The van der Waals surface area contributed by atoms with Crippen molar-refractivity contribution in [2.45, 2.75) is 19.8 Å². The quantitative estimate of drug-likeness (QED) is 0.564. The highest BCUT2D eigenvalue weighted by molar-refractivity contribution is 7.80. The van der Waals surface area contributed by atoms with Gasteiger partial charge in [0.15, 0.2) is 16.6 Å². The van der Waals surface area contributed by atoms with E-state index in [1.807, 2.05) is 25.1 Å². The molecule has 0 atom stereocenters. The molecule has 8 nitrogen and oxygen atoms in total. The standard InChI is InChI=1S/C22H25N3O5S/c1-12-15(23-20(26)13-8-9-13)6-5-7-16(12)24-22(31)25-21(27)14-10-17(28-2)19(30-4)18(11-14)29-3/h5-7,10-11,13H,8-9H2,1-4H3,(H,23,26)(H2,24,25,27,31). The number of rotatable bonds is 7. The van der Waals surface area contributed by atoms with Crippen LogP contribution in [0, 0.1) is 12.8 Å². The van der Waals surface area contributed by atoms with E-state index in [9.17, 15) is 9.59 Å². The summed E-state index contributed by atoms with van der Waals surface area (Å²) in [6.45, 7) is 1.87. The Bertz CT molecular complexity index is 995. The van der Waals surface area contributed by atoms with E-state index in [0.29, 0.717) is 34.2 Å². The molecule has 0 unspecified atom stereocenters. The molecule has 164 valence electrons. The van der Waals surface area contributed by atoms with Crippen LogP contribution in [0.4, 0.5) is 11.4 Å². The van der Waals surface area contributed by atoms with Gasteiger partial charge in [-0.2, -0.15) is 0 Å². The Morgan fingerprint density at radius 3 is 2.06 bits per heavy atom. The third kappa shape index (κ3) is 5.24. The summed E-state index contributed by atoms with van der Waals surface area (Å²) in [5.41, 5.74) is 2.51. The van der Waals surface area contributed by atoms with Crippen molar-refractivity contribution in [2.24, 2.45) is 5.92 Å². The summed E-state index contributed by atoms with van der Waals surface area (Å²) in [7, 11) is 4.44. The number of amides is 2. The number of hydrogen-bond acceptors (Lipinski definition) is 6. The number of carbonyl (C=O) groups excluding carboxylic acids is 2. The molecule has 0 saturated heterocycles. The minimum absolute atomic E-state index is 0.0264. The number of benzene rings is 2. The number of hydrogen-bond donors (Lipinski definition) is 3. The van der Waals surface area contributed by atoms with Gasteiger partial charge in [-0.3, -0.25) is 14.9 Å². The second-order valence-corrected chi connectivity index (χ2v) is 7.47. The van der Waals surface area contributed by atoms with Crippen molar-refractivity contribution in [3.05, 3.63) is 41.5 Å². The lowest BCUT2D eigenvalue weighted by Gasteiger charge is -2.16. The van der Waals surface area contributed by atoms with Crippen molar-refractivity contribution >= 4 is 40.5 Å². The molecule has 2 amide bonds. The molecular formula is C22H25N3O5S. The van der Waals surface area contributed by atoms with Crippen molar-refractivity contribution < 1.29 is 23.8 Å². The second-order valence-electron chi connectivity index (χ2n) is 7.06. The van der Waals surface area contributed by atoms with Crippen LogP contribution >= 0.6 is 12.2 Å². The molecule has 1 fully saturated rings. The molecule has 31 heavy (non-hydrogen) atoms. The fraction of sp³-hybridized carbons (Fsp3) is 0.318. The van der Waals surface area contributed by atoms with E-state index in [1.54, 1.807) is 12.1 Å². The van der Waals surface area contributed by atoms with E-state index in [1.165, 1.54) is 21.3 Å². The van der Waals surface area contributed by atoms with E-state index in [-0.39, 0.29) is 16.9 Å². The summed E-state index contributed by atoms with van der Waals surface area (Å²) >= 11 is 5.31. The summed E-state index contributed by atoms with van der Waals surface area (Å²) in [5, 5.41) is 8.71. The predicted molar refractivity (Wildman–Crippen MR) is 122 cm³/mol. The van der Waals surface area contributed by atoms with Crippen molar-refractivity contribution in [2.75, 3.05) is 32.0 Å². The first kappa shape index (κ1) is 22.4. The molecule has 0 spiro atoms. The number of methoxy groups -OCH3 is 3. The summed E-state index contributed by atoms with van der Waals surface area (Å²) in [6.07, 6.45) is 1.86. The third-order valence-corrected chi connectivity index (χ3v) is 5.15. The molecule has 2 aromatic rings. The molecule has 3 N–H and O–H groups in total. The number of carbonyl (C=O) groups is 2.